The van der Waals surface area contributed by atoms with Crippen LogP contribution in [0.2, 0.25) is 0 Å². The van der Waals surface area contributed by atoms with Crippen molar-refractivity contribution in [3.8, 4) is 0 Å². The summed E-state index contributed by atoms with van der Waals surface area (Å²) >= 11 is 0. The molecule has 81 heavy (non-hydrogen) atoms. The van der Waals surface area contributed by atoms with Crippen LogP contribution in [0.1, 0.15) is 265 Å². The topological polar surface area (TPSA) is 175 Å². The highest BCUT2D eigenvalue weighted by molar-refractivity contribution is 5.74. The molecule has 1 aliphatic heterocycles. The molecule has 462 valence electrons. The molecule has 0 saturated carbocycles. The first-order chi connectivity index (χ1) is 39.6. The minimum Gasteiger partial charge on any atom is -0.479 e. The third-order valence-electron chi connectivity index (χ3n) is 14.1. The van der Waals surface area contributed by atoms with Gasteiger partial charge in [0.15, 0.2) is 24.6 Å². The number of ether oxygens (including phenoxy) is 5. The maximum Gasteiger partial charge on any atom is 0.335 e. The van der Waals surface area contributed by atoms with Crippen LogP contribution in [-0.2, 0) is 42.9 Å². The van der Waals surface area contributed by atoms with Gasteiger partial charge in [0, 0.05) is 19.3 Å². The van der Waals surface area contributed by atoms with Gasteiger partial charge in [-0.05, 0) is 122 Å². The number of carboxylic acids is 1. The Kier molecular flexibility index (Phi) is 51.7. The molecule has 0 aromatic carbocycles. The van der Waals surface area contributed by atoms with E-state index in [0.717, 1.165) is 128 Å². The first-order valence-electron chi connectivity index (χ1n) is 32.2. The number of unbranched alkanes of at least 4 members (excludes halogenated alkanes) is 24. The monoisotopic (exact) mass is 1130 g/mol. The SMILES string of the molecule is CC/C=C\C/C=C\C/C=C\C/C=C\C/C=C\CCCCCC(=O)OC1C(OCC(COC(=O)CCCCCCCCC/C=C\C/C=C\CCCCC)OC(=O)CCCCCCC/C=C\CCCCCCCC)OC(C(=O)O)C(O)C1O. The first-order valence-corrected chi connectivity index (χ1v) is 32.2. The standard InChI is InChI=1S/C69H114O12/c1-4-7-10-13-16-19-22-25-28-30-31-33-36-39-42-45-48-51-54-57-63(72)80-67-65(74)64(73)66(68(75)76)81-69(67)78-59-60(79-62(71)56-53-50-47-44-41-38-34-27-24-21-18-15-12-9-6-3)58-77-61(70)55-52-49-46-43-40-37-35-32-29-26-23-20-17-14-11-8-5-2/h7,10,16-17,19-20,25-29,31,33-34,39,42,60,64-67,69,73-74H,4-6,8-9,11-15,18,21-24,30,32,35-38,40-41,43-59H2,1-3H3,(H,75,76)/b10-7-,19-16-,20-17-,28-25-,29-26-,33-31-,34-27-,42-39-. The van der Waals surface area contributed by atoms with Gasteiger partial charge in [-0.25, -0.2) is 4.79 Å². The average molecular weight is 1140 g/mol. The number of rotatable bonds is 54. The van der Waals surface area contributed by atoms with Crippen LogP contribution in [0.15, 0.2) is 97.2 Å². The largest absolute Gasteiger partial charge is 0.479 e. The Labute approximate surface area is 492 Å². The molecule has 0 bridgehead atoms. The molecule has 1 heterocycles. The van der Waals surface area contributed by atoms with E-state index in [9.17, 15) is 34.5 Å². The molecule has 0 aromatic heterocycles. The Morgan fingerprint density at radius 3 is 1.23 bits per heavy atom. The van der Waals surface area contributed by atoms with Crippen molar-refractivity contribution in [1.29, 1.82) is 0 Å². The zero-order valence-electron chi connectivity index (χ0n) is 51.0. The predicted octanol–water partition coefficient (Wildman–Crippen LogP) is 17.2. The Bertz CT molecular complexity index is 1780. The summed E-state index contributed by atoms with van der Waals surface area (Å²) in [5.41, 5.74) is 0. The van der Waals surface area contributed by atoms with Crippen LogP contribution in [0.5, 0.6) is 0 Å². The summed E-state index contributed by atoms with van der Waals surface area (Å²) in [4.78, 5) is 51.3. The van der Waals surface area contributed by atoms with Crippen molar-refractivity contribution in [3.05, 3.63) is 97.2 Å². The van der Waals surface area contributed by atoms with E-state index < -0.39 is 67.3 Å². The van der Waals surface area contributed by atoms with E-state index in [1.54, 1.807) is 0 Å². The Morgan fingerprint density at radius 2 is 0.778 bits per heavy atom. The van der Waals surface area contributed by atoms with E-state index in [0.29, 0.717) is 19.3 Å². The van der Waals surface area contributed by atoms with Gasteiger partial charge in [0.25, 0.3) is 0 Å². The van der Waals surface area contributed by atoms with E-state index in [1.165, 1.54) is 77.0 Å². The van der Waals surface area contributed by atoms with Gasteiger partial charge in [-0.1, -0.05) is 221 Å². The van der Waals surface area contributed by atoms with Crippen LogP contribution in [0.25, 0.3) is 0 Å². The molecule has 1 aliphatic rings. The highest BCUT2D eigenvalue weighted by Gasteiger charge is 2.50. The number of allylic oxidation sites excluding steroid dienone is 16. The zero-order valence-corrected chi connectivity index (χ0v) is 51.0. The second-order valence-electron chi connectivity index (χ2n) is 21.7. The van der Waals surface area contributed by atoms with E-state index in [-0.39, 0.29) is 25.9 Å². The molecular weight excluding hydrogens is 1020 g/mol. The van der Waals surface area contributed by atoms with Gasteiger partial charge in [-0.15, -0.1) is 0 Å². The van der Waals surface area contributed by atoms with Crippen LogP contribution in [0.3, 0.4) is 0 Å². The molecular formula is C69H114O12. The van der Waals surface area contributed by atoms with Crippen molar-refractivity contribution in [1.82, 2.24) is 0 Å². The van der Waals surface area contributed by atoms with Crippen LogP contribution >= 0.6 is 0 Å². The maximum atomic E-state index is 13.2. The molecule has 6 unspecified atom stereocenters. The van der Waals surface area contributed by atoms with Crippen molar-refractivity contribution in [2.75, 3.05) is 13.2 Å². The number of esters is 3. The van der Waals surface area contributed by atoms with Gasteiger partial charge in [0.2, 0.25) is 0 Å². The highest BCUT2D eigenvalue weighted by Crippen LogP contribution is 2.26. The maximum absolute atomic E-state index is 13.2. The second-order valence-corrected chi connectivity index (χ2v) is 21.7. The molecule has 1 fully saturated rings. The van der Waals surface area contributed by atoms with E-state index in [4.69, 9.17) is 23.7 Å². The Balaban J connectivity index is 2.70. The minimum atomic E-state index is -1.92. The lowest BCUT2D eigenvalue weighted by molar-refractivity contribution is -0.301. The normalized spacial score (nSPS) is 18.4. The van der Waals surface area contributed by atoms with Crippen LogP contribution in [0, 0.1) is 0 Å². The number of hydrogen-bond acceptors (Lipinski definition) is 11. The summed E-state index contributed by atoms with van der Waals surface area (Å²) in [6, 6.07) is 0. The molecule has 0 amide bonds. The van der Waals surface area contributed by atoms with Crippen molar-refractivity contribution < 1.29 is 58.2 Å². The number of aliphatic hydroxyl groups is 2. The predicted molar refractivity (Wildman–Crippen MR) is 331 cm³/mol. The lowest BCUT2D eigenvalue weighted by Gasteiger charge is -2.40. The fraction of sp³-hybridized carbons (Fsp3) is 0.710. The summed E-state index contributed by atoms with van der Waals surface area (Å²) in [7, 11) is 0. The number of carbonyl (C=O) groups excluding carboxylic acids is 3. The van der Waals surface area contributed by atoms with Gasteiger partial charge in [-0.3, -0.25) is 14.4 Å². The van der Waals surface area contributed by atoms with Gasteiger partial charge in [0.05, 0.1) is 6.61 Å². The highest BCUT2D eigenvalue weighted by atomic mass is 16.7. The van der Waals surface area contributed by atoms with E-state index in [2.05, 4.69) is 118 Å². The number of aliphatic hydroxyl groups excluding tert-OH is 2. The lowest BCUT2D eigenvalue weighted by Crippen LogP contribution is -2.61. The van der Waals surface area contributed by atoms with Gasteiger partial charge < -0.3 is 39.0 Å². The van der Waals surface area contributed by atoms with Crippen molar-refractivity contribution in [2.45, 2.75) is 302 Å². The van der Waals surface area contributed by atoms with Crippen molar-refractivity contribution >= 4 is 23.9 Å². The van der Waals surface area contributed by atoms with Gasteiger partial charge >= 0.3 is 23.9 Å². The molecule has 0 aromatic rings. The van der Waals surface area contributed by atoms with Gasteiger partial charge in [0.1, 0.15) is 18.8 Å². The summed E-state index contributed by atoms with van der Waals surface area (Å²) in [6.07, 6.45) is 62.1. The molecule has 12 nitrogen and oxygen atoms in total. The molecule has 1 saturated heterocycles. The number of carbonyl (C=O) groups is 4. The minimum absolute atomic E-state index is 0.0161. The molecule has 6 atom stereocenters. The molecule has 0 aliphatic carbocycles. The fourth-order valence-electron chi connectivity index (χ4n) is 9.18. The first kappa shape index (κ1) is 74.7. The third-order valence-corrected chi connectivity index (χ3v) is 14.1. The van der Waals surface area contributed by atoms with Crippen LogP contribution in [0.4, 0.5) is 0 Å². The smallest absolute Gasteiger partial charge is 0.335 e. The zero-order chi connectivity index (χ0) is 58.9. The molecule has 12 heteroatoms. The van der Waals surface area contributed by atoms with Crippen molar-refractivity contribution in [3.63, 3.8) is 0 Å². The van der Waals surface area contributed by atoms with Crippen LogP contribution in [-0.4, -0.2) is 89.2 Å². The summed E-state index contributed by atoms with van der Waals surface area (Å²) in [6.45, 7) is 5.84. The second kappa shape index (κ2) is 56.1. The van der Waals surface area contributed by atoms with Crippen LogP contribution < -0.4 is 0 Å². The molecule has 0 spiro atoms. The lowest BCUT2D eigenvalue weighted by atomic mass is 9.98. The number of aliphatic carboxylic acids is 1. The quantitative estimate of drug-likeness (QED) is 0.0228. The summed E-state index contributed by atoms with van der Waals surface area (Å²) in [5.74, 6) is -3.18. The molecule has 3 N–H and O–H groups in total. The molecule has 1 rings (SSSR count). The van der Waals surface area contributed by atoms with E-state index in [1.807, 2.05) is 0 Å². The Hall–Kier alpha value is -4.36. The fourth-order valence-corrected chi connectivity index (χ4v) is 9.18. The van der Waals surface area contributed by atoms with E-state index >= 15 is 0 Å². The Morgan fingerprint density at radius 1 is 0.420 bits per heavy atom. The van der Waals surface area contributed by atoms with Gasteiger partial charge in [-0.2, -0.15) is 0 Å². The average Bonchev–Trinajstić information content (AvgIpc) is 3.54. The molecule has 0 radical (unpaired) electrons. The van der Waals surface area contributed by atoms with Crippen molar-refractivity contribution in [2.24, 2.45) is 0 Å². The number of carboxylic acid groups (broad SMARTS) is 1. The summed E-state index contributed by atoms with van der Waals surface area (Å²) in [5, 5.41) is 31.6. The summed E-state index contributed by atoms with van der Waals surface area (Å²) < 4.78 is 28.5. The third kappa shape index (κ3) is 45.8. The number of hydrogen-bond donors (Lipinski definition) is 3.